The molecule has 0 radical (unpaired) electrons. The first-order chi connectivity index (χ1) is 9.29. The summed E-state index contributed by atoms with van der Waals surface area (Å²) < 4.78 is 0. The minimum atomic E-state index is -0.712. The summed E-state index contributed by atoms with van der Waals surface area (Å²) in [5, 5.41) is 12.0. The molecule has 1 rings (SSSR count). The minimum Gasteiger partial charge on any atom is -0.352 e. The molecule has 1 aromatic rings. The van der Waals surface area contributed by atoms with Crippen LogP contribution in [0.5, 0.6) is 0 Å². The number of aromatic amines is 1. The van der Waals surface area contributed by atoms with Crippen molar-refractivity contribution < 1.29 is 9.59 Å². The highest BCUT2D eigenvalue weighted by Gasteiger charge is 2.21. The lowest BCUT2D eigenvalue weighted by Gasteiger charge is -2.18. The molecule has 0 aliphatic rings. The molecule has 20 heavy (non-hydrogen) atoms. The van der Waals surface area contributed by atoms with Crippen molar-refractivity contribution in [3.8, 4) is 0 Å². The van der Waals surface area contributed by atoms with Gasteiger partial charge in [0.1, 0.15) is 6.04 Å². The Balaban J connectivity index is 2.71. The molecule has 0 aliphatic heterocycles. The lowest BCUT2D eigenvalue weighted by Crippen LogP contribution is -2.46. The molecule has 0 saturated carbocycles. The van der Waals surface area contributed by atoms with E-state index >= 15 is 0 Å². The molecule has 1 unspecified atom stereocenters. The summed E-state index contributed by atoms with van der Waals surface area (Å²) in [7, 11) is 0. The van der Waals surface area contributed by atoms with Gasteiger partial charge >= 0.3 is 6.03 Å². The lowest BCUT2D eigenvalue weighted by molar-refractivity contribution is -0.118. The van der Waals surface area contributed by atoms with E-state index in [2.05, 4.69) is 20.8 Å². The van der Waals surface area contributed by atoms with Crippen molar-refractivity contribution in [2.75, 3.05) is 5.32 Å². The molecule has 7 nitrogen and oxygen atoms in total. The summed E-state index contributed by atoms with van der Waals surface area (Å²) >= 11 is 0. The predicted molar refractivity (Wildman–Crippen MR) is 77.3 cm³/mol. The van der Waals surface area contributed by atoms with Crippen LogP contribution in [0.2, 0.25) is 0 Å². The molecular weight excluding hydrogens is 258 g/mol. The number of amides is 3. The van der Waals surface area contributed by atoms with Crippen molar-refractivity contribution >= 4 is 17.8 Å². The topological polar surface area (TPSA) is 113 Å². The van der Waals surface area contributed by atoms with E-state index in [1.807, 2.05) is 27.7 Å². The van der Waals surface area contributed by atoms with Crippen LogP contribution >= 0.6 is 0 Å². The van der Waals surface area contributed by atoms with Crippen molar-refractivity contribution in [2.24, 2.45) is 11.7 Å². The maximum absolute atomic E-state index is 12.1. The number of carbonyl (C=O) groups is 2. The number of primary amides is 1. The standard InChI is InChI=1S/C13H23N5O2/c1-7(2)5-10(15-13(14)20)12(19)16-11-6-9(8(3)4)17-18-11/h6-8,10H,5H2,1-4H3,(H3,14,15,20)(H2,16,17,18,19). The van der Waals surface area contributed by atoms with Crippen LogP contribution in [0.25, 0.3) is 0 Å². The lowest BCUT2D eigenvalue weighted by atomic mass is 10.0. The molecule has 0 aliphatic carbocycles. The van der Waals surface area contributed by atoms with Crippen molar-refractivity contribution in [1.29, 1.82) is 0 Å². The molecule has 0 spiro atoms. The first kappa shape index (κ1) is 16.0. The number of urea groups is 1. The molecule has 1 atom stereocenters. The van der Waals surface area contributed by atoms with Gasteiger partial charge in [-0.15, -0.1) is 0 Å². The Morgan fingerprint density at radius 3 is 2.45 bits per heavy atom. The number of hydrogen-bond donors (Lipinski definition) is 4. The fraction of sp³-hybridized carbons (Fsp3) is 0.615. The smallest absolute Gasteiger partial charge is 0.312 e. The fourth-order valence-corrected chi connectivity index (χ4v) is 1.78. The summed E-state index contributed by atoms with van der Waals surface area (Å²) in [4.78, 5) is 23.1. The number of nitrogens with zero attached hydrogens (tertiary/aromatic N) is 1. The number of aromatic nitrogens is 2. The molecule has 0 fully saturated rings. The molecule has 5 N–H and O–H groups in total. The second-order valence-corrected chi connectivity index (χ2v) is 5.54. The van der Waals surface area contributed by atoms with Crippen LogP contribution in [0.1, 0.15) is 45.7 Å². The number of anilines is 1. The summed E-state index contributed by atoms with van der Waals surface area (Å²) in [6.07, 6.45) is 0.510. The Morgan fingerprint density at radius 1 is 1.35 bits per heavy atom. The highest BCUT2D eigenvalue weighted by Crippen LogP contribution is 2.15. The first-order valence-corrected chi connectivity index (χ1v) is 6.71. The molecule has 1 heterocycles. The van der Waals surface area contributed by atoms with Crippen molar-refractivity contribution in [3.05, 3.63) is 11.8 Å². The quantitative estimate of drug-likeness (QED) is 0.634. The fourth-order valence-electron chi connectivity index (χ4n) is 1.78. The van der Waals surface area contributed by atoms with Crippen LogP contribution in [0.4, 0.5) is 10.6 Å². The summed E-state index contributed by atoms with van der Waals surface area (Å²) in [5.74, 6) is 0.671. The average Bonchev–Trinajstić information content (AvgIpc) is 2.75. The number of nitrogens with one attached hydrogen (secondary N) is 3. The van der Waals surface area contributed by atoms with Gasteiger partial charge in [0.25, 0.3) is 0 Å². The van der Waals surface area contributed by atoms with Crippen LogP contribution in [-0.4, -0.2) is 28.2 Å². The van der Waals surface area contributed by atoms with Gasteiger partial charge < -0.3 is 16.4 Å². The second-order valence-electron chi connectivity index (χ2n) is 5.54. The predicted octanol–water partition coefficient (Wildman–Crippen LogP) is 1.55. The van der Waals surface area contributed by atoms with Crippen molar-refractivity contribution in [3.63, 3.8) is 0 Å². The summed E-state index contributed by atoms with van der Waals surface area (Å²) in [5.41, 5.74) is 6.03. The van der Waals surface area contributed by atoms with Gasteiger partial charge in [0, 0.05) is 11.8 Å². The monoisotopic (exact) mass is 281 g/mol. The number of hydrogen-bond acceptors (Lipinski definition) is 3. The zero-order valence-electron chi connectivity index (χ0n) is 12.4. The van der Waals surface area contributed by atoms with Gasteiger partial charge in [-0.05, 0) is 18.3 Å². The zero-order valence-corrected chi connectivity index (χ0v) is 12.4. The Morgan fingerprint density at radius 2 is 2.00 bits per heavy atom. The van der Waals surface area contributed by atoms with E-state index in [0.717, 1.165) is 5.69 Å². The van der Waals surface area contributed by atoms with E-state index in [4.69, 9.17) is 5.73 Å². The molecule has 0 bridgehead atoms. The SMILES string of the molecule is CC(C)CC(NC(N)=O)C(=O)Nc1cc(C(C)C)[nH]n1. The van der Waals surface area contributed by atoms with E-state index in [9.17, 15) is 9.59 Å². The van der Waals surface area contributed by atoms with E-state index in [-0.39, 0.29) is 11.8 Å². The van der Waals surface area contributed by atoms with Gasteiger partial charge in [-0.1, -0.05) is 27.7 Å². The van der Waals surface area contributed by atoms with Crippen LogP contribution in [-0.2, 0) is 4.79 Å². The Bertz CT molecular complexity index is 467. The third kappa shape index (κ3) is 4.91. The third-order valence-electron chi connectivity index (χ3n) is 2.81. The van der Waals surface area contributed by atoms with E-state index in [1.54, 1.807) is 6.07 Å². The van der Waals surface area contributed by atoms with Gasteiger partial charge in [0.15, 0.2) is 5.82 Å². The van der Waals surface area contributed by atoms with Gasteiger partial charge in [-0.2, -0.15) is 5.10 Å². The molecule has 112 valence electrons. The van der Waals surface area contributed by atoms with E-state index in [0.29, 0.717) is 18.2 Å². The number of carbonyl (C=O) groups excluding carboxylic acids is 2. The maximum atomic E-state index is 12.1. The van der Waals surface area contributed by atoms with Crippen LogP contribution < -0.4 is 16.4 Å². The third-order valence-corrected chi connectivity index (χ3v) is 2.81. The number of rotatable bonds is 6. The number of H-pyrrole nitrogens is 1. The van der Waals surface area contributed by atoms with Crippen LogP contribution in [0, 0.1) is 5.92 Å². The Kier molecular flexibility index (Phi) is 5.54. The molecule has 3 amide bonds. The van der Waals surface area contributed by atoms with Crippen molar-refractivity contribution in [2.45, 2.75) is 46.1 Å². The second kappa shape index (κ2) is 6.93. The average molecular weight is 281 g/mol. The number of nitrogens with two attached hydrogens (primary N) is 1. The van der Waals surface area contributed by atoms with Gasteiger partial charge in [0.2, 0.25) is 5.91 Å². The molecule has 7 heteroatoms. The van der Waals surface area contributed by atoms with Gasteiger partial charge in [-0.25, -0.2) is 4.79 Å². The largest absolute Gasteiger partial charge is 0.352 e. The van der Waals surface area contributed by atoms with Crippen LogP contribution in [0.15, 0.2) is 6.07 Å². The highest BCUT2D eigenvalue weighted by molar-refractivity contribution is 5.96. The maximum Gasteiger partial charge on any atom is 0.312 e. The highest BCUT2D eigenvalue weighted by atomic mass is 16.2. The first-order valence-electron chi connectivity index (χ1n) is 6.71. The minimum absolute atomic E-state index is 0.253. The van der Waals surface area contributed by atoms with E-state index in [1.165, 1.54) is 0 Å². The molecule has 0 aromatic carbocycles. The van der Waals surface area contributed by atoms with E-state index < -0.39 is 12.1 Å². The Labute approximate surface area is 118 Å². The molecule has 1 aromatic heterocycles. The Hall–Kier alpha value is -2.05. The molecular formula is C13H23N5O2. The van der Waals surface area contributed by atoms with Gasteiger partial charge in [-0.3, -0.25) is 9.89 Å². The summed E-state index contributed by atoms with van der Waals surface area (Å²) in [6, 6.07) is 0.404. The molecule has 0 saturated heterocycles. The summed E-state index contributed by atoms with van der Waals surface area (Å²) in [6.45, 7) is 7.98. The van der Waals surface area contributed by atoms with Crippen LogP contribution in [0.3, 0.4) is 0 Å². The normalized spacial score (nSPS) is 12.5. The zero-order chi connectivity index (χ0) is 15.3. The van der Waals surface area contributed by atoms with Gasteiger partial charge in [0.05, 0.1) is 0 Å². The van der Waals surface area contributed by atoms with Crippen molar-refractivity contribution in [1.82, 2.24) is 15.5 Å².